The molecule has 0 aromatic heterocycles. The van der Waals surface area contributed by atoms with E-state index in [0.29, 0.717) is 11.9 Å². The first-order chi connectivity index (χ1) is 8.88. The highest BCUT2D eigenvalue weighted by molar-refractivity contribution is 5.79. The van der Waals surface area contributed by atoms with Gasteiger partial charge in [-0.05, 0) is 46.5 Å². The summed E-state index contributed by atoms with van der Waals surface area (Å²) in [5, 5.41) is 0. The summed E-state index contributed by atoms with van der Waals surface area (Å²) in [5.41, 5.74) is 6.13. The van der Waals surface area contributed by atoms with Crippen molar-refractivity contribution in [3.63, 3.8) is 0 Å². The molecule has 1 saturated carbocycles. The lowest BCUT2D eigenvalue weighted by Gasteiger charge is -2.43. The Bertz CT molecular complexity index is 308. The molecule has 4 heteroatoms. The number of carbonyl (C=O) groups excluding carboxylic acids is 1. The standard InChI is InChI=1S/C15H29N3O/c1-15(2,3)18-10-8-17(9-11-18)14(19)12-4-6-13(16)7-5-12/h12-13H,4-11,16H2,1-3H3. The van der Waals surface area contributed by atoms with Gasteiger partial charge in [0.1, 0.15) is 0 Å². The molecule has 1 heterocycles. The summed E-state index contributed by atoms with van der Waals surface area (Å²) < 4.78 is 0. The zero-order valence-electron chi connectivity index (χ0n) is 12.7. The normalized spacial score (nSPS) is 30.4. The first kappa shape index (κ1) is 14.8. The Hall–Kier alpha value is -0.610. The fraction of sp³-hybridized carbons (Fsp3) is 0.933. The SMILES string of the molecule is CC(C)(C)N1CCN(C(=O)C2CCC(N)CC2)CC1. The molecule has 2 fully saturated rings. The number of nitrogens with zero attached hydrogens (tertiary/aromatic N) is 2. The Morgan fingerprint density at radius 3 is 2.00 bits per heavy atom. The first-order valence-corrected chi connectivity index (χ1v) is 7.67. The summed E-state index contributed by atoms with van der Waals surface area (Å²) in [5.74, 6) is 0.612. The second kappa shape index (κ2) is 5.80. The monoisotopic (exact) mass is 267 g/mol. The van der Waals surface area contributed by atoms with Gasteiger partial charge in [0.2, 0.25) is 5.91 Å². The number of piperazine rings is 1. The highest BCUT2D eigenvalue weighted by atomic mass is 16.2. The lowest BCUT2D eigenvalue weighted by atomic mass is 9.85. The van der Waals surface area contributed by atoms with E-state index in [2.05, 4.69) is 30.6 Å². The molecule has 4 nitrogen and oxygen atoms in total. The third-order valence-electron chi connectivity index (χ3n) is 4.66. The quantitative estimate of drug-likeness (QED) is 0.782. The van der Waals surface area contributed by atoms with Crippen LogP contribution in [0, 0.1) is 5.92 Å². The smallest absolute Gasteiger partial charge is 0.225 e. The van der Waals surface area contributed by atoms with Gasteiger partial charge in [-0.2, -0.15) is 0 Å². The van der Waals surface area contributed by atoms with Crippen molar-refractivity contribution in [2.24, 2.45) is 11.7 Å². The van der Waals surface area contributed by atoms with Gasteiger partial charge in [-0.15, -0.1) is 0 Å². The lowest BCUT2D eigenvalue weighted by molar-refractivity contribution is -0.139. The van der Waals surface area contributed by atoms with E-state index in [1.54, 1.807) is 0 Å². The van der Waals surface area contributed by atoms with E-state index in [1.165, 1.54) is 0 Å². The van der Waals surface area contributed by atoms with Crippen molar-refractivity contribution in [3.05, 3.63) is 0 Å². The highest BCUT2D eigenvalue weighted by Gasteiger charge is 2.32. The van der Waals surface area contributed by atoms with E-state index in [-0.39, 0.29) is 11.5 Å². The second-order valence-electron chi connectivity index (χ2n) is 7.09. The van der Waals surface area contributed by atoms with Crippen molar-refractivity contribution in [1.29, 1.82) is 0 Å². The molecule has 1 saturated heterocycles. The Morgan fingerprint density at radius 2 is 1.53 bits per heavy atom. The van der Waals surface area contributed by atoms with Crippen molar-refractivity contribution < 1.29 is 4.79 Å². The minimum absolute atomic E-state index is 0.215. The highest BCUT2D eigenvalue weighted by Crippen LogP contribution is 2.26. The van der Waals surface area contributed by atoms with Gasteiger partial charge in [0, 0.05) is 43.7 Å². The molecule has 1 aliphatic carbocycles. The Labute approximate surface area is 117 Å². The van der Waals surface area contributed by atoms with Gasteiger partial charge in [-0.1, -0.05) is 0 Å². The van der Waals surface area contributed by atoms with E-state index in [4.69, 9.17) is 5.73 Å². The van der Waals surface area contributed by atoms with Crippen molar-refractivity contribution in [2.45, 2.75) is 58.0 Å². The van der Waals surface area contributed by atoms with Crippen LogP contribution in [0.4, 0.5) is 0 Å². The van der Waals surface area contributed by atoms with Crippen LogP contribution in [-0.4, -0.2) is 53.5 Å². The van der Waals surface area contributed by atoms with E-state index in [0.717, 1.165) is 51.9 Å². The molecule has 1 aliphatic heterocycles. The first-order valence-electron chi connectivity index (χ1n) is 7.67. The number of hydrogen-bond donors (Lipinski definition) is 1. The maximum absolute atomic E-state index is 12.5. The Balaban J connectivity index is 1.82. The van der Waals surface area contributed by atoms with Crippen LogP contribution in [0.1, 0.15) is 46.5 Å². The van der Waals surface area contributed by atoms with E-state index < -0.39 is 0 Å². The summed E-state index contributed by atoms with van der Waals surface area (Å²) in [6, 6.07) is 0.321. The molecule has 0 aromatic carbocycles. The molecular weight excluding hydrogens is 238 g/mol. The second-order valence-corrected chi connectivity index (χ2v) is 7.09. The molecule has 2 rings (SSSR count). The van der Waals surface area contributed by atoms with Crippen LogP contribution in [-0.2, 0) is 4.79 Å². The minimum atomic E-state index is 0.215. The number of hydrogen-bond acceptors (Lipinski definition) is 3. The fourth-order valence-corrected chi connectivity index (χ4v) is 3.22. The third kappa shape index (κ3) is 3.69. The predicted octanol–water partition coefficient (Wildman–Crippen LogP) is 1.45. The van der Waals surface area contributed by atoms with Crippen LogP contribution in [0.3, 0.4) is 0 Å². The van der Waals surface area contributed by atoms with Gasteiger partial charge in [0.15, 0.2) is 0 Å². The Kier molecular flexibility index (Phi) is 4.51. The van der Waals surface area contributed by atoms with Gasteiger partial charge >= 0.3 is 0 Å². The maximum atomic E-state index is 12.5. The van der Waals surface area contributed by atoms with Crippen molar-refractivity contribution in [2.75, 3.05) is 26.2 Å². The number of rotatable bonds is 1. The molecule has 110 valence electrons. The van der Waals surface area contributed by atoms with Gasteiger partial charge in [-0.3, -0.25) is 9.69 Å². The van der Waals surface area contributed by atoms with Crippen molar-refractivity contribution in [1.82, 2.24) is 9.80 Å². The summed E-state index contributed by atoms with van der Waals surface area (Å²) in [6.07, 6.45) is 4.00. The van der Waals surface area contributed by atoms with Crippen molar-refractivity contribution >= 4 is 5.91 Å². The molecule has 2 N–H and O–H groups in total. The van der Waals surface area contributed by atoms with Crippen LogP contribution in [0.25, 0.3) is 0 Å². The molecule has 0 atom stereocenters. The summed E-state index contributed by atoms with van der Waals surface area (Å²) >= 11 is 0. The predicted molar refractivity (Wildman–Crippen MR) is 77.8 cm³/mol. The molecule has 2 aliphatic rings. The topological polar surface area (TPSA) is 49.6 Å². The van der Waals surface area contributed by atoms with E-state index in [1.807, 2.05) is 0 Å². The summed E-state index contributed by atoms with van der Waals surface area (Å²) in [6.45, 7) is 10.5. The van der Waals surface area contributed by atoms with E-state index in [9.17, 15) is 4.79 Å². The maximum Gasteiger partial charge on any atom is 0.225 e. The fourth-order valence-electron chi connectivity index (χ4n) is 3.22. The van der Waals surface area contributed by atoms with Crippen molar-refractivity contribution in [3.8, 4) is 0 Å². The van der Waals surface area contributed by atoms with Gasteiger partial charge in [0.25, 0.3) is 0 Å². The van der Waals surface area contributed by atoms with Crippen LogP contribution < -0.4 is 5.73 Å². The molecule has 0 spiro atoms. The average Bonchev–Trinajstić information content (AvgIpc) is 2.38. The van der Waals surface area contributed by atoms with Crippen LogP contribution in [0.2, 0.25) is 0 Å². The zero-order chi connectivity index (χ0) is 14.0. The molecule has 1 amide bonds. The third-order valence-corrected chi connectivity index (χ3v) is 4.66. The molecule has 0 unspecified atom stereocenters. The molecule has 0 bridgehead atoms. The number of amides is 1. The number of nitrogens with two attached hydrogens (primary N) is 1. The Morgan fingerprint density at radius 1 is 1.00 bits per heavy atom. The van der Waals surface area contributed by atoms with Crippen LogP contribution in [0.15, 0.2) is 0 Å². The zero-order valence-corrected chi connectivity index (χ0v) is 12.7. The summed E-state index contributed by atoms with van der Waals surface area (Å²) in [4.78, 5) is 17.0. The molecule has 0 radical (unpaired) electrons. The molecular formula is C15H29N3O. The molecule has 19 heavy (non-hydrogen) atoms. The molecule has 0 aromatic rings. The largest absolute Gasteiger partial charge is 0.340 e. The van der Waals surface area contributed by atoms with Crippen LogP contribution >= 0.6 is 0 Å². The van der Waals surface area contributed by atoms with E-state index >= 15 is 0 Å². The average molecular weight is 267 g/mol. The minimum Gasteiger partial charge on any atom is -0.340 e. The van der Waals surface area contributed by atoms with Gasteiger partial charge in [-0.25, -0.2) is 0 Å². The van der Waals surface area contributed by atoms with Gasteiger partial charge in [0.05, 0.1) is 0 Å². The van der Waals surface area contributed by atoms with Gasteiger partial charge < -0.3 is 10.6 Å². The number of carbonyl (C=O) groups is 1. The lowest BCUT2D eigenvalue weighted by Crippen LogP contribution is -2.55. The summed E-state index contributed by atoms with van der Waals surface area (Å²) in [7, 11) is 0. The van der Waals surface area contributed by atoms with Crippen LogP contribution in [0.5, 0.6) is 0 Å².